The fourth-order valence-corrected chi connectivity index (χ4v) is 2.34. The van der Waals surface area contributed by atoms with Crippen LogP contribution in [0.5, 0.6) is 0 Å². The number of rotatable bonds is 4. The fraction of sp³-hybridized carbons (Fsp3) is 0.294. The van der Waals surface area contributed by atoms with Crippen LogP contribution in [-0.2, 0) is 16.0 Å². The van der Waals surface area contributed by atoms with E-state index in [2.05, 4.69) is 46.3 Å². The number of ether oxygens (including phenoxy) is 1. The van der Waals surface area contributed by atoms with Crippen molar-refractivity contribution in [1.29, 1.82) is 0 Å². The minimum absolute atomic E-state index is 0.245. The molecule has 0 aliphatic heterocycles. The van der Waals surface area contributed by atoms with Crippen molar-refractivity contribution in [2.75, 3.05) is 7.11 Å². The van der Waals surface area contributed by atoms with E-state index in [1.54, 1.807) is 11.3 Å². The standard InChI is InChI=1S/C14H15NS.C3H6O2/c1-2-6-14-15-13(11-16-14)10-9-12-7-4-3-5-8-12;1-3(4)5-2/h3-5,7-11H,2,6H2,1H3;1-2H3/b10-9+;. The molecule has 0 saturated carbocycles. The topological polar surface area (TPSA) is 39.2 Å². The van der Waals surface area contributed by atoms with Crippen LogP contribution in [0, 0.1) is 0 Å². The second-order valence-electron chi connectivity index (χ2n) is 4.36. The number of hydrogen-bond acceptors (Lipinski definition) is 4. The van der Waals surface area contributed by atoms with Crippen molar-refractivity contribution in [3.05, 3.63) is 52.0 Å². The molecule has 0 aliphatic rings. The molecule has 0 spiro atoms. The van der Waals surface area contributed by atoms with E-state index in [1.807, 2.05) is 18.2 Å². The molecule has 0 radical (unpaired) electrons. The van der Waals surface area contributed by atoms with Gasteiger partial charge < -0.3 is 4.74 Å². The molecular weight excluding hydrogens is 282 g/mol. The Morgan fingerprint density at radius 2 is 1.95 bits per heavy atom. The highest BCUT2D eigenvalue weighted by Crippen LogP contribution is 2.14. The molecule has 0 amide bonds. The summed E-state index contributed by atoms with van der Waals surface area (Å²) in [6.45, 7) is 3.54. The van der Waals surface area contributed by atoms with Crippen LogP contribution >= 0.6 is 11.3 Å². The van der Waals surface area contributed by atoms with Gasteiger partial charge in [0.1, 0.15) is 0 Å². The number of aromatic nitrogens is 1. The third kappa shape index (κ3) is 7.42. The Hall–Kier alpha value is -1.94. The van der Waals surface area contributed by atoms with Crippen molar-refractivity contribution in [2.24, 2.45) is 0 Å². The number of aryl methyl sites for hydroxylation is 1. The minimum atomic E-state index is -0.245. The lowest BCUT2D eigenvalue weighted by molar-refractivity contribution is -0.137. The zero-order valence-corrected chi connectivity index (χ0v) is 13.5. The number of nitrogens with zero attached hydrogens (tertiary/aromatic N) is 1. The molecule has 2 aromatic rings. The number of esters is 1. The lowest BCUT2D eigenvalue weighted by Crippen LogP contribution is -1.88. The predicted octanol–water partition coefficient (Wildman–Crippen LogP) is 4.45. The largest absolute Gasteiger partial charge is 0.469 e. The first kappa shape index (κ1) is 17.1. The van der Waals surface area contributed by atoms with Gasteiger partial charge in [-0.15, -0.1) is 11.3 Å². The molecule has 112 valence electrons. The lowest BCUT2D eigenvalue weighted by Gasteiger charge is -1.90. The number of hydrogen-bond donors (Lipinski definition) is 0. The molecule has 1 aromatic carbocycles. The first-order chi connectivity index (χ1) is 10.2. The van der Waals surface area contributed by atoms with Gasteiger partial charge >= 0.3 is 5.97 Å². The van der Waals surface area contributed by atoms with E-state index in [9.17, 15) is 4.79 Å². The van der Waals surface area contributed by atoms with E-state index in [4.69, 9.17) is 0 Å². The van der Waals surface area contributed by atoms with Crippen LogP contribution in [0.3, 0.4) is 0 Å². The second-order valence-corrected chi connectivity index (χ2v) is 5.30. The van der Waals surface area contributed by atoms with E-state index >= 15 is 0 Å². The Kier molecular flexibility index (Phi) is 8.05. The summed E-state index contributed by atoms with van der Waals surface area (Å²) < 4.78 is 4.11. The number of carbonyl (C=O) groups excluding carboxylic acids is 1. The fourth-order valence-electron chi connectivity index (χ4n) is 1.48. The quantitative estimate of drug-likeness (QED) is 0.784. The van der Waals surface area contributed by atoms with E-state index in [1.165, 1.54) is 24.6 Å². The number of methoxy groups -OCH3 is 1. The van der Waals surface area contributed by atoms with Gasteiger partial charge in [0.25, 0.3) is 0 Å². The molecule has 0 aliphatic carbocycles. The lowest BCUT2D eigenvalue weighted by atomic mass is 10.2. The summed E-state index contributed by atoms with van der Waals surface area (Å²) in [6, 6.07) is 10.3. The SMILES string of the molecule is CCCc1nc(/C=C/c2ccccc2)cs1.COC(C)=O. The molecule has 1 heterocycles. The molecule has 4 heteroatoms. The maximum atomic E-state index is 9.59. The molecule has 0 N–H and O–H groups in total. The van der Waals surface area contributed by atoms with E-state index in [-0.39, 0.29) is 5.97 Å². The third-order valence-corrected chi connectivity index (χ3v) is 3.49. The van der Waals surface area contributed by atoms with E-state index in [0.29, 0.717) is 0 Å². The monoisotopic (exact) mass is 303 g/mol. The molecule has 0 bridgehead atoms. The van der Waals surface area contributed by atoms with Gasteiger partial charge in [0.15, 0.2) is 0 Å². The van der Waals surface area contributed by atoms with Crippen molar-refractivity contribution in [1.82, 2.24) is 4.98 Å². The summed E-state index contributed by atoms with van der Waals surface area (Å²) in [5.41, 5.74) is 2.28. The highest BCUT2D eigenvalue weighted by molar-refractivity contribution is 7.09. The maximum absolute atomic E-state index is 9.59. The highest BCUT2D eigenvalue weighted by atomic mass is 32.1. The van der Waals surface area contributed by atoms with Gasteiger partial charge in [0.2, 0.25) is 0 Å². The minimum Gasteiger partial charge on any atom is -0.469 e. The predicted molar refractivity (Wildman–Crippen MR) is 89.2 cm³/mol. The summed E-state index contributed by atoms with van der Waals surface area (Å²) >= 11 is 1.75. The first-order valence-corrected chi connectivity index (χ1v) is 7.75. The average Bonchev–Trinajstić information content (AvgIpc) is 2.95. The molecule has 0 atom stereocenters. The number of carbonyl (C=O) groups is 1. The van der Waals surface area contributed by atoms with Crippen LogP contribution in [0.2, 0.25) is 0 Å². The summed E-state index contributed by atoms with van der Waals surface area (Å²) in [4.78, 5) is 14.1. The smallest absolute Gasteiger partial charge is 0.302 e. The molecule has 0 saturated heterocycles. The van der Waals surface area contributed by atoms with Crippen LogP contribution in [0.1, 0.15) is 36.5 Å². The molecular formula is C17H21NO2S. The Morgan fingerprint density at radius 3 is 2.52 bits per heavy atom. The van der Waals surface area contributed by atoms with Crippen molar-refractivity contribution in [2.45, 2.75) is 26.7 Å². The molecule has 3 nitrogen and oxygen atoms in total. The zero-order chi connectivity index (χ0) is 15.5. The molecule has 0 fully saturated rings. The van der Waals surface area contributed by atoms with Gasteiger partial charge in [-0.3, -0.25) is 4.79 Å². The Balaban J connectivity index is 0.000000383. The van der Waals surface area contributed by atoms with Crippen LogP contribution in [0.25, 0.3) is 12.2 Å². The van der Waals surface area contributed by atoms with Crippen molar-refractivity contribution in [3.8, 4) is 0 Å². The van der Waals surface area contributed by atoms with Crippen molar-refractivity contribution in [3.63, 3.8) is 0 Å². The molecule has 2 rings (SSSR count). The van der Waals surface area contributed by atoms with Crippen LogP contribution in [0.4, 0.5) is 0 Å². The zero-order valence-electron chi connectivity index (χ0n) is 12.7. The van der Waals surface area contributed by atoms with E-state index in [0.717, 1.165) is 18.5 Å². The van der Waals surface area contributed by atoms with Crippen LogP contribution < -0.4 is 0 Å². The van der Waals surface area contributed by atoms with Gasteiger partial charge in [-0.25, -0.2) is 4.98 Å². The summed E-state index contributed by atoms with van der Waals surface area (Å²) in [5.74, 6) is -0.245. The first-order valence-electron chi connectivity index (χ1n) is 6.87. The van der Waals surface area contributed by atoms with Crippen molar-refractivity contribution < 1.29 is 9.53 Å². The summed E-state index contributed by atoms with van der Waals surface area (Å²) in [6.07, 6.45) is 6.43. The van der Waals surface area contributed by atoms with Gasteiger partial charge in [-0.2, -0.15) is 0 Å². The van der Waals surface area contributed by atoms with Gasteiger partial charge in [-0.05, 0) is 24.5 Å². The van der Waals surface area contributed by atoms with E-state index < -0.39 is 0 Å². The van der Waals surface area contributed by atoms with Crippen LogP contribution in [-0.4, -0.2) is 18.1 Å². The third-order valence-electron chi connectivity index (χ3n) is 2.57. The Labute approximate surface area is 130 Å². The summed E-state index contributed by atoms with van der Waals surface area (Å²) in [5, 5.41) is 3.35. The average molecular weight is 303 g/mol. The maximum Gasteiger partial charge on any atom is 0.302 e. The molecule has 0 unspecified atom stereocenters. The van der Waals surface area contributed by atoms with Gasteiger partial charge in [0, 0.05) is 12.3 Å². The van der Waals surface area contributed by atoms with Gasteiger partial charge in [-0.1, -0.05) is 43.3 Å². The van der Waals surface area contributed by atoms with Crippen LogP contribution in [0.15, 0.2) is 35.7 Å². The number of benzene rings is 1. The Morgan fingerprint density at radius 1 is 1.29 bits per heavy atom. The Bertz CT molecular complexity index is 561. The number of thiazole rings is 1. The summed E-state index contributed by atoms with van der Waals surface area (Å²) in [7, 11) is 1.35. The normalized spacial score (nSPS) is 10.0. The van der Waals surface area contributed by atoms with Gasteiger partial charge in [0.05, 0.1) is 17.8 Å². The highest BCUT2D eigenvalue weighted by Gasteiger charge is 1.97. The molecule has 21 heavy (non-hydrogen) atoms. The second kappa shape index (κ2) is 9.88. The van der Waals surface area contributed by atoms with Crippen molar-refractivity contribution >= 4 is 29.5 Å². The molecule has 1 aromatic heterocycles.